The number of benzene rings is 2. The second-order valence-corrected chi connectivity index (χ2v) is 12.2. The highest BCUT2D eigenvalue weighted by molar-refractivity contribution is 7.70. The Bertz CT molecular complexity index is 1340. The zero-order valence-electron chi connectivity index (χ0n) is 19.5. The van der Waals surface area contributed by atoms with Crippen molar-refractivity contribution in [2.24, 2.45) is 0 Å². The fourth-order valence-corrected chi connectivity index (χ4v) is 5.41. The molecule has 0 spiro atoms. The quantitative estimate of drug-likeness (QED) is 0.465. The molecule has 12 heteroatoms. The van der Waals surface area contributed by atoms with Crippen LogP contribution in [0.3, 0.4) is 0 Å². The number of aromatic nitrogens is 2. The van der Waals surface area contributed by atoms with Gasteiger partial charge in [0.2, 0.25) is 5.91 Å². The molecular formula is C24H23ClF2N5O3P. The lowest BCUT2D eigenvalue weighted by molar-refractivity contribution is -0.121. The van der Waals surface area contributed by atoms with Gasteiger partial charge in [0.25, 0.3) is 0 Å². The molecule has 1 atom stereocenters. The number of halogens is 3. The fraction of sp³-hybridized carbons (Fsp3) is 0.250. The van der Waals surface area contributed by atoms with Gasteiger partial charge in [-0.15, -0.1) is 0 Å². The average molecular weight is 534 g/mol. The van der Waals surface area contributed by atoms with Gasteiger partial charge in [0, 0.05) is 11.8 Å². The highest BCUT2D eigenvalue weighted by atomic mass is 35.5. The molecule has 1 aromatic heterocycles. The van der Waals surface area contributed by atoms with Gasteiger partial charge in [0.1, 0.15) is 24.0 Å². The molecule has 3 amide bonds. The Hall–Kier alpha value is -3.36. The molecule has 188 valence electrons. The Morgan fingerprint density at radius 1 is 1.14 bits per heavy atom. The van der Waals surface area contributed by atoms with Crippen molar-refractivity contribution < 1.29 is 22.9 Å². The zero-order valence-corrected chi connectivity index (χ0v) is 21.1. The summed E-state index contributed by atoms with van der Waals surface area (Å²) in [6.07, 6.45) is 3.21. The van der Waals surface area contributed by atoms with Gasteiger partial charge in [-0.05, 0) is 49.4 Å². The zero-order chi connectivity index (χ0) is 26.0. The Balaban J connectivity index is 1.56. The molecular weight excluding hydrogens is 511 g/mol. The van der Waals surface area contributed by atoms with E-state index in [1.54, 1.807) is 37.6 Å². The highest BCUT2D eigenvalue weighted by Crippen LogP contribution is 2.40. The van der Waals surface area contributed by atoms with Crippen molar-refractivity contribution in [3.63, 3.8) is 0 Å². The SMILES string of the molecule is CP(C)(=O)c1ccccc1-c1cc(F)c(N2CCC[C@@H](NC(=O)Nc3cnc(Cl)cn3)C2=O)c(F)c1. The van der Waals surface area contributed by atoms with E-state index in [1.165, 1.54) is 12.4 Å². The molecule has 1 aliphatic heterocycles. The smallest absolute Gasteiger partial charge is 0.321 e. The van der Waals surface area contributed by atoms with Crippen LogP contribution in [0.2, 0.25) is 5.15 Å². The first-order valence-electron chi connectivity index (χ1n) is 11.0. The highest BCUT2D eigenvalue weighted by Gasteiger charge is 2.34. The van der Waals surface area contributed by atoms with Crippen molar-refractivity contribution in [3.8, 4) is 11.1 Å². The number of urea groups is 1. The first kappa shape index (κ1) is 25.7. The molecule has 1 saturated heterocycles. The summed E-state index contributed by atoms with van der Waals surface area (Å²) in [5.74, 6) is -2.39. The number of anilines is 2. The van der Waals surface area contributed by atoms with Crippen molar-refractivity contribution in [1.29, 1.82) is 0 Å². The van der Waals surface area contributed by atoms with Crippen LogP contribution in [0.15, 0.2) is 48.8 Å². The molecule has 8 nitrogen and oxygen atoms in total. The van der Waals surface area contributed by atoms with E-state index in [2.05, 4.69) is 20.6 Å². The number of amides is 3. The molecule has 2 heterocycles. The number of hydrogen-bond acceptors (Lipinski definition) is 5. The van der Waals surface area contributed by atoms with Crippen LogP contribution >= 0.6 is 18.7 Å². The van der Waals surface area contributed by atoms with Gasteiger partial charge in [0.05, 0.1) is 12.4 Å². The molecule has 3 aromatic rings. The number of rotatable bonds is 5. The molecule has 0 radical (unpaired) electrons. The van der Waals surface area contributed by atoms with E-state index in [0.29, 0.717) is 23.7 Å². The van der Waals surface area contributed by atoms with E-state index in [4.69, 9.17) is 11.6 Å². The second-order valence-electron chi connectivity index (χ2n) is 8.66. The number of carbonyl (C=O) groups is 2. The van der Waals surface area contributed by atoms with E-state index in [-0.39, 0.29) is 23.1 Å². The second kappa shape index (κ2) is 10.3. The summed E-state index contributed by atoms with van der Waals surface area (Å²) in [6, 6.07) is 7.28. The molecule has 0 bridgehead atoms. The summed E-state index contributed by atoms with van der Waals surface area (Å²) < 4.78 is 43.2. The van der Waals surface area contributed by atoms with E-state index in [9.17, 15) is 14.2 Å². The third kappa shape index (κ3) is 5.55. The molecule has 2 N–H and O–H groups in total. The topological polar surface area (TPSA) is 104 Å². The lowest BCUT2D eigenvalue weighted by Gasteiger charge is -2.33. The van der Waals surface area contributed by atoms with Crippen LogP contribution in [-0.2, 0) is 9.36 Å². The number of hydrogen-bond donors (Lipinski definition) is 2. The van der Waals surface area contributed by atoms with Crippen LogP contribution in [0, 0.1) is 11.6 Å². The maximum atomic E-state index is 15.3. The predicted molar refractivity (Wildman–Crippen MR) is 135 cm³/mol. The molecule has 1 aliphatic rings. The Morgan fingerprint density at radius 2 is 1.83 bits per heavy atom. The Morgan fingerprint density at radius 3 is 2.47 bits per heavy atom. The van der Waals surface area contributed by atoms with Gasteiger partial charge in [-0.25, -0.2) is 23.5 Å². The minimum Gasteiger partial charge on any atom is -0.326 e. The summed E-state index contributed by atoms with van der Waals surface area (Å²) in [5.41, 5.74) is 0.186. The molecule has 0 saturated carbocycles. The first-order chi connectivity index (χ1) is 17.0. The normalized spacial score (nSPS) is 16.1. The molecule has 1 fully saturated rings. The third-order valence-corrected chi connectivity index (χ3v) is 7.43. The van der Waals surface area contributed by atoms with Crippen molar-refractivity contribution in [2.45, 2.75) is 18.9 Å². The first-order valence-corrected chi connectivity index (χ1v) is 14.0. The third-order valence-electron chi connectivity index (χ3n) is 5.69. The van der Waals surface area contributed by atoms with Crippen molar-refractivity contribution in [3.05, 3.63) is 65.6 Å². The van der Waals surface area contributed by atoms with Gasteiger partial charge < -0.3 is 14.8 Å². The van der Waals surface area contributed by atoms with Crippen LogP contribution in [0.5, 0.6) is 0 Å². The predicted octanol–water partition coefficient (Wildman–Crippen LogP) is 4.64. The minimum absolute atomic E-state index is 0.0875. The van der Waals surface area contributed by atoms with Crippen LogP contribution in [0.25, 0.3) is 11.1 Å². The van der Waals surface area contributed by atoms with Crippen LogP contribution < -0.4 is 20.8 Å². The van der Waals surface area contributed by atoms with Crippen LogP contribution in [0.1, 0.15) is 12.8 Å². The monoisotopic (exact) mass is 533 g/mol. The summed E-state index contributed by atoms with van der Waals surface area (Å²) in [5, 5.41) is 5.60. The maximum absolute atomic E-state index is 15.3. The Labute approximate surface area is 211 Å². The molecule has 2 aromatic carbocycles. The lowest BCUT2D eigenvalue weighted by atomic mass is 10.0. The summed E-state index contributed by atoms with van der Waals surface area (Å²) in [4.78, 5) is 34.1. The molecule has 0 unspecified atom stereocenters. The van der Waals surface area contributed by atoms with Gasteiger partial charge in [-0.1, -0.05) is 35.9 Å². The van der Waals surface area contributed by atoms with E-state index in [0.717, 1.165) is 17.0 Å². The summed E-state index contributed by atoms with van der Waals surface area (Å²) >= 11 is 5.67. The summed E-state index contributed by atoms with van der Waals surface area (Å²) in [7, 11) is -2.72. The van der Waals surface area contributed by atoms with Gasteiger partial charge in [-0.2, -0.15) is 0 Å². The summed E-state index contributed by atoms with van der Waals surface area (Å²) in [6.45, 7) is 3.26. The van der Waals surface area contributed by atoms with Crippen molar-refractivity contribution in [1.82, 2.24) is 15.3 Å². The number of carbonyl (C=O) groups excluding carboxylic acids is 2. The fourth-order valence-electron chi connectivity index (χ4n) is 4.08. The minimum atomic E-state index is -2.72. The number of nitrogens with zero attached hydrogens (tertiary/aromatic N) is 3. The molecule has 36 heavy (non-hydrogen) atoms. The lowest BCUT2D eigenvalue weighted by Crippen LogP contribution is -2.53. The molecule has 0 aliphatic carbocycles. The van der Waals surface area contributed by atoms with E-state index < -0.39 is 42.4 Å². The molecule has 4 rings (SSSR count). The number of piperidine rings is 1. The largest absolute Gasteiger partial charge is 0.326 e. The van der Waals surface area contributed by atoms with E-state index in [1.807, 2.05) is 0 Å². The van der Waals surface area contributed by atoms with Gasteiger partial charge in [0.15, 0.2) is 17.5 Å². The van der Waals surface area contributed by atoms with Gasteiger partial charge in [-0.3, -0.25) is 10.1 Å². The standard InChI is InChI=1S/C24H23ClF2N5O3P/c1-36(2,35)19-8-4-3-6-15(19)14-10-16(26)22(17(27)11-14)32-9-5-7-18(23(32)33)30-24(34)31-21-13-28-20(25)12-29-21/h3-4,6,8,10-13,18H,5,7,9H2,1-2H3,(H2,29,30,31,34)/t18-/m1/s1. The van der Waals surface area contributed by atoms with E-state index >= 15 is 8.78 Å². The maximum Gasteiger partial charge on any atom is 0.321 e. The van der Waals surface area contributed by atoms with Crippen LogP contribution in [0.4, 0.5) is 25.1 Å². The van der Waals surface area contributed by atoms with Crippen molar-refractivity contribution in [2.75, 3.05) is 30.1 Å². The number of nitrogens with one attached hydrogen (secondary N) is 2. The van der Waals surface area contributed by atoms with Gasteiger partial charge >= 0.3 is 6.03 Å². The van der Waals surface area contributed by atoms with Crippen molar-refractivity contribution >= 4 is 47.5 Å². The van der Waals surface area contributed by atoms with Crippen LogP contribution in [-0.4, -0.2) is 47.8 Å². The average Bonchev–Trinajstić information content (AvgIpc) is 2.82. The Kier molecular flexibility index (Phi) is 7.38.